The highest BCUT2D eigenvalue weighted by Crippen LogP contribution is 2.43. The van der Waals surface area contributed by atoms with Gasteiger partial charge in [-0.1, -0.05) is 30.3 Å². The summed E-state index contributed by atoms with van der Waals surface area (Å²) >= 11 is 0. The van der Waals surface area contributed by atoms with Crippen molar-refractivity contribution in [2.24, 2.45) is 11.8 Å². The van der Waals surface area contributed by atoms with Gasteiger partial charge in [0.1, 0.15) is 0 Å². The molecule has 3 atom stereocenters. The molecule has 182 valence electrons. The Morgan fingerprint density at radius 1 is 1.14 bits per heavy atom. The van der Waals surface area contributed by atoms with Crippen LogP contribution in [0.1, 0.15) is 34.3 Å². The number of ether oxygens (including phenoxy) is 1. The summed E-state index contributed by atoms with van der Waals surface area (Å²) < 4.78 is 6.79. The highest BCUT2D eigenvalue weighted by molar-refractivity contribution is 5.94. The zero-order valence-corrected chi connectivity index (χ0v) is 19.3. The minimum absolute atomic E-state index is 0.0908. The molecule has 1 saturated heterocycles. The quantitative estimate of drug-likeness (QED) is 0.298. The number of esters is 1. The number of likely N-dealkylation sites (tertiary alicyclic amines) is 1. The molecule has 35 heavy (non-hydrogen) atoms. The summed E-state index contributed by atoms with van der Waals surface area (Å²) in [7, 11) is 0. The van der Waals surface area contributed by atoms with E-state index in [2.05, 4.69) is 17.0 Å². The van der Waals surface area contributed by atoms with Crippen LogP contribution in [-0.2, 0) is 11.3 Å². The number of aromatic hydroxyl groups is 2. The number of piperidine rings is 1. The Balaban J connectivity index is 1.35. The lowest BCUT2D eigenvalue weighted by Crippen LogP contribution is -2.33. The summed E-state index contributed by atoms with van der Waals surface area (Å²) in [5.74, 6) is -0.638. The number of nitro benzene ring substituents is 1. The van der Waals surface area contributed by atoms with Gasteiger partial charge in [0.2, 0.25) is 5.88 Å². The second kappa shape index (κ2) is 9.07. The van der Waals surface area contributed by atoms with Gasteiger partial charge in [0, 0.05) is 48.8 Å². The molecule has 2 N–H and O–H groups in total. The third kappa shape index (κ3) is 4.23. The van der Waals surface area contributed by atoms with Crippen molar-refractivity contribution in [1.82, 2.24) is 9.47 Å². The second-order valence-electron chi connectivity index (χ2n) is 9.39. The molecular formula is C26H27N3O6. The SMILES string of the molecule is Cc1cc(O)n(-c2ccc([N+](=O)[O-])cc2C(=O)OCC2C3CCC2N(Cc2ccccc2)C3)c1O. The van der Waals surface area contributed by atoms with E-state index in [0.717, 1.165) is 36.6 Å². The number of hydrogen-bond acceptors (Lipinski definition) is 7. The van der Waals surface area contributed by atoms with Gasteiger partial charge in [-0.15, -0.1) is 0 Å². The summed E-state index contributed by atoms with van der Waals surface area (Å²) in [6, 6.07) is 15.6. The number of aryl methyl sites for hydroxylation is 1. The number of fused-ring (bicyclic) bond motifs is 2. The topological polar surface area (TPSA) is 118 Å². The first-order valence-corrected chi connectivity index (χ1v) is 11.7. The molecule has 2 bridgehead atoms. The lowest BCUT2D eigenvalue weighted by molar-refractivity contribution is -0.384. The van der Waals surface area contributed by atoms with Gasteiger partial charge in [0.25, 0.3) is 5.69 Å². The number of non-ortho nitro benzene ring substituents is 1. The van der Waals surface area contributed by atoms with Gasteiger partial charge >= 0.3 is 5.97 Å². The van der Waals surface area contributed by atoms with Crippen LogP contribution in [0.15, 0.2) is 54.6 Å². The van der Waals surface area contributed by atoms with Crippen molar-refractivity contribution in [1.29, 1.82) is 0 Å². The Bertz CT molecular complexity index is 1270. The number of rotatable bonds is 7. The Morgan fingerprint density at radius 3 is 2.60 bits per heavy atom. The average Bonchev–Trinajstić information content (AvgIpc) is 3.47. The first-order valence-electron chi connectivity index (χ1n) is 11.7. The molecule has 2 heterocycles. The minimum atomic E-state index is -0.727. The maximum absolute atomic E-state index is 13.2. The van der Waals surface area contributed by atoms with E-state index >= 15 is 0 Å². The van der Waals surface area contributed by atoms with Crippen LogP contribution < -0.4 is 0 Å². The molecule has 1 aliphatic carbocycles. The molecule has 9 heteroatoms. The van der Waals surface area contributed by atoms with Crippen molar-refractivity contribution >= 4 is 11.7 Å². The Morgan fingerprint density at radius 2 is 1.91 bits per heavy atom. The van der Waals surface area contributed by atoms with E-state index in [4.69, 9.17) is 4.74 Å². The molecule has 2 fully saturated rings. The van der Waals surface area contributed by atoms with Crippen molar-refractivity contribution < 1.29 is 24.7 Å². The average molecular weight is 478 g/mol. The molecule has 9 nitrogen and oxygen atoms in total. The van der Waals surface area contributed by atoms with Crippen molar-refractivity contribution in [3.63, 3.8) is 0 Å². The molecule has 0 amide bonds. The van der Waals surface area contributed by atoms with Crippen LogP contribution in [0.2, 0.25) is 0 Å². The number of nitro groups is 1. The maximum atomic E-state index is 13.2. The fraction of sp³-hybridized carbons (Fsp3) is 0.346. The third-order valence-corrected chi connectivity index (χ3v) is 7.30. The number of carbonyl (C=O) groups is 1. The largest absolute Gasteiger partial charge is 0.494 e. The zero-order valence-electron chi connectivity index (χ0n) is 19.3. The molecule has 0 spiro atoms. The summed E-state index contributed by atoms with van der Waals surface area (Å²) in [4.78, 5) is 26.4. The molecule has 1 aliphatic heterocycles. The van der Waals surface area contributed by atoms with E-state index in [1.54, 1.807) is 6.92 Å². The highest BCUT2D eigenvalue weighted by atomic mass is 16.6. The second-order valence-corrected chi connectivity index (χ2v) is 9.39. The monoisotopic (exact) mass is 477 g/mol. The summed E-state index contributed by atoms with van der Waals surface area (Å²) in [6.45, 7) is 3.62. The highest BCUT2D eigenvalue weighted by Gasteiger charge is 2.47. The Labute approximate surface area is 202 Å². The molecule has 5 rings (SSSR count). The van der Waals surface area contributed by atoms with Gasteiger partial charge in [0.15, 0.2) is 5.88 Å². The number of nitrogens with zero attached hydrogens (tertiary/aromatic N) is 3. The van der Waals surface area contributed by atoms with Crippen LogP contribution in [0.5, 0.6) is 11.8 Å². The van der Waals surface area contributed by atoms with Crippen LogP contribution in [-0.4, -0.2) is 49.8 Å². The third-order valence-electron chi connectivity index (χ3n) is 7.30. The standard InChI is InChI=1S/C26H27N3O6/c1-16-11-24(30)28(25(16)31)23-10-8-19(29(33)34)12-20(23)26(32)35-15-21-18-7-9-22(21)27(14-18)13-17-5-3-2-4-6-17/h2-6,8,10-12,18,21-22,30-31H,7,9,13-15H2,1H3. The van der Waals surface area contributed by atoms with E-state index in [1.165, 1.54) is 23.8 Å². The lowest BCUT2D eigenvalue weighted by atomic mass is 9.99. The van der Waals surface area contributed by atoms with E-state index in [1.807, 2.05) is 18.2 Å². The van der Waals surface area contributed by atoms with Crippen LogP contribution in [0.3, 0.4) is 0 Å². The smallest absolute Gasteiger partial charge is 0.340 e. The van der Waals surface area contributed by atoms with E-state index in [0.29, 0.717) is 17.5 Å². The van der Waals surface area contributed by atoms with Gasteiger partial charge in [-0.3, -0.25) is 19.6 Å². The predicted molar refractivity (Wildman–Crippen MR) is 128 cm³/mol. The van der Waals surface area contributed by atoms with Gasteiger partial charge in [-0.05, 0) is 37.3 Å². The van der Waals surface area contributed by atoms with E-state index in [-0.39, 0.29) is 41.2 Å². The Kier molecular flexibility index (Phi) is 5.94. The normalized spacial score (nSPS) is 21.3. The van der Waals surface area contributed by atoms with Crippen molar-refractivity contribution in [2.45, 2.75) is 32.4 Å². The molecule has 3 unspecified atom stereocenters. The van der Waals surface area contributed by atoms with E-state index in [9.17, 15) is 25.1 Å². The van der Waals surface area contributed by atoms with Gasteiger partial charge in [0.05, 0.1) is 22.8 Å². The van der Waals surface area contributed by atoms with Gasteiger partial charge in [-0.2, -0.15) is 0 Å². The lowest BCUT2D eigenvalue weighted by Gasteiger charge is -2.27. The summed E-state index contributed by atoms with van der Waals surface area (Å²) in [5, 5.41) is 32.0. The van der Waals surface area contributed by atoms with Crippen molar-refractivity contribution in [2.75, 3.05) is 13.2 Å². The number of hydrogen-bond donors (Lipinski definition) is 2. The molecular weight excluding hydrogens is 450 g/mol. The van der Waals surface area contributed by atoms with Crippen molar-refractivity contribution in [3.05, 3.63) is 81.4 Å². The van der Waals surface area contributed by atoms with Gasteiger partial charge in [-0.25, -0.2) is 4.79 Å². The summed E-state index contributed by atoms with van der Waals surface area (Å²) in [6.07, 6.45) is 2.14. The fourth-order valence-corrected chi connectivity index (χ4v) is 5.58. The maximum Gasteiger partial charge on any atom is 0.340 e. The Hall–Kier alpha value is -3.85. The molecule has 0 radical (unpaired) electrons. The molecule has 2 aliphatic rings. The van der Waals surface area contributed by atoms with Crippen molar-refractivity contribution in [3.8, 4) is 17.4 Å². The van der Waals surface area contributed by atoms with Gasteiger partial charge < -0.3 is 14.9 Å². The predicted octanol–water partition coefficient (Wildman–Crippen LogP) is 4.17. The summed E-state index contributed by atoms with van der Waals surface area (Å²) in [5.41, 5.74) is 1.40. The van der Waals surface area contributed by atoms with Crippen LogP contribution in [0.4, 0.5) is 5.69 Å². The first kappa shape index (κ1) is 22.9. The van der Waals surface area contributed by atoms with Crippen LogP contribution in [0, 0.1) is 28.9 Å². The molecule has 1 saturated carbocycles. The number of aromatic nitrogens is 1. The molecule has 2 aromatic carbocycles. The zero-order chi connectivity index (χ0) is 24.7. The first-order chi connectivity index (χ1) is 16.8. The fourth-order valence-electron chi connectivity index (χ4n) is 5.58. The number of carbonyl (C=O) groups excluding carboxylic acids is 1. The molecule has 3 aromatic rings. The van der Waals surface area contributed by atoms with E-state index < -0.39 is 10.9 Å². The molecule has 1 aromatic heterocycles. The number of benzene rings is 2. The van der Waals surface area contributed by atoms with Crippen LogP contribution >= 0.6 is 0 Å². The minimum Gasteiger partial charge on any atom is -0.494 e. The van der Waals surface area contributed by atoms with Crippen LogP contribution in [0.25, 0.3) is 5.69 Å².